The minimum atomic E-state index is 0.609. The van der Waals surface area contributed by atoms with Crippen molar-refractivity contribution in [3.63, 3.8) is 0 Å². The zero-order valence-electron chi connectivity index (χ0n) is 14.2. The lowest BCUT2D eigenvalue weighted by Gasteiger charge is -2.46. The lowest BCUT2D eigenvalue weighted by Crippen LogP contribution is -2.47. The van der Waals surface area contributed by atoms with Crippen molar-refractivity contribution in [2.75, 3.05) is 31.1 Å². The van der Waals surface area contributed by atoms with Gasteiger partial charge in [-0.3, -0.25) is 0 Å². The smallest absolute Gasteiger partial charge is 0.0499 e. The molecule has 2 nitrogen and oxygen atoms in total. The zero-order chi connectivity index (χ0) is 17.0. The molecule has 130 valence electrons. The van der Waals surface area contributed by atoms with E-state index in [1.54, 1.807) is 0 Å². The van der Waals surface area contributed by atoms with Gasteiger partial charge in [0, 0.05) is 46.8 Å². The predicted octanol–water partition coefficient (Wildman–Crippen LogP) is 5.12. The Morgan fingerprint density at radius 2 is 1.96 bits per heavy atom. The average Bonchev–Trinajstić information content (AvgIpc) is 2.62. The molecule has 2 aromatic rings. The van der Waals surface area contributed by atoms with Crippen LogP contribution < -0.4 is 10.2 Å². The molecule has 0 unspecified atom stereocenters. The van der Waals surface area contributed by atoms with Crippen molar-refractivity contribution >= 4 is 28.9 Å². The monoisotopic (exact) mass is 372 g/mol. The third-order valence-corrected chi connectivity index (χ3v) is 6.77. The number of aryl methyl sites for hydroxylation is 1. The van der Waals surface area contributed by atoms with E-state index in [2.05, 4.69) is 22.3 Å². The van der Waals surface area contributed by atoms with E-state index < -0.39 is 0 Å². The number of hydrogen-bond acceptors (Lipinski definition) is 2. The van der Waals surface area contributed by atoms with Gasteiger partial charge in [0.25, 0.3) is 0 Å². The predicted molar refractivity (Wildman–Crippen MR) is 106 cm³/mol. The first kappa shape index (κ1) is 16.0. The molecule has 2 atom stereocenters. The molecule has 0 spiro atoms. The number of nitrogens with one attached hydrogen (secondary N) is 1. The van der Waals surface area contributed by atoms with Crippen LogP contribution in [0, 0.1) is 5.92 Å². The zero-order valence-corrected chi connectivity index (χ0v) is 15.7. The molecular weight excluding hydrogens is 351 g/mol. The number of halogens is 2. The minimum absolute atomic E-state index is 0.609. The lowest BCUT2D eigenvalue weighted by molar-refractivity contribution is 0.309. The maximum absolute atomic E-state index is 6.52. The van der Waals surface area contributed by atoms with Crippen LogP contribution in [0.2, 0.25) is 10.0 Å². The van der Waals surface area contributed by atoms with Crippen molar-refractivity contribution in [1.82, 2.24) is 5.32 Å². The van der Waals surface area contributed by atoms with Crippen LogP contribution in [0.5, 0.6) is 0 Å². The Balaban J connectivity index is 1.72. The summed E-state index contributed by atoms with van der Waals surface area (Å²) in [6.07, 6.45) is 3.66. The van der Waals surface area contributed by atoms with Gasteiger partial charge < -0.3 is 10.2 Å². The molecule has 1 fully saturated rings. The van der Waals surface area contributed by atoms with Crippen LogP contribution >= 0.6 is 23.2 Å². The summed E-state index contributed by atoms with van der Waals surface area (Å²) >= 11 is 13.0. The number of benzene rings is 2. The summed E-state index contributed by atoms with van der Waals surface area (Å²) in [7, 11) is 0. The van der Waals surface area contributed by atoms with E-state index >= 15 is 0 Å². The van der Waals surface area contributed by atoms with E-state index in [1.807, 2.05) is 18.2 Å². The molecule has 2 aromatic carbocycles. The van der Waals surface area contributed by atoms with Crippen LogP contribution in [-0.2, 0) is 6.42 Å². The highest BCUT2D eigenvalue weighted by atomic mass is 35.5. The number of nitrogens with zero attached hydrogens (tertiary/aromatic N) is 1. The molecule has 0 radical (unpaired) electrons. The third kappa shape index (κ3) is 2.58. The van der Waals surface area contributed by atoms with Gasteiger partial charge in [-0.2, -0.15) is 0 Å². The molecule has 0 amide bonds. The minimum Gasteiger partial charge on any atom is -0.371 e. The third-order valence-electron chi connectivity index (χ3n) is 6.14. The van der Waals surface area contributed by atoms with Crippen LogP contribution in [0.15, 0.2) is 30.3 Å². The summed E-state index contributed by atoms with van der Waals surface area (Å²) in [6, 6.07) is 10.5. The van der Waals surface area contributed by atoms with Crippen LogP contribution in [0.3, 0.4) is 0 Å². The fourth-order valence-corrected chi connectivity index (χ4v) is 5.64. The first-order chi connectivity index (χ1) is 12.2. The summed E-state index contributed by atoms with van der Waals surface area (Å²) in [5.41, 5.74) is 6.64. The van der Waals surface area contributed by atoms with E-state index in [0.717, 1.165) is 41.0 Å². The molecule has 0 aromatic heterocycles. The largest absolute Gasteiger partial charge is 0.371 e. The van der Waals surface area contributed by atoms with Gasteiger partial charge in [0.2, 0.25) is 0 Å². The fraction of sp³-hybridized carbons (Fsp3) is 0.429. The molecule has 1 saturated heterocycles. The SMILES string of the molecule is Clc1cccc(Cl)c1-c1cc2c3c(c1)[C@@H]1CNCC[C@@H]1CN3CCC2. The Bertz CT molecular complexity index is 813. The number of rotatable bonds is 1. The first-order valence-electron chi connectivity index (χ1n) is 9.29. The second kappa shape index (κ2) is 6.19. The topological polar surface area (TPSA) is 15.3 Å². The van der Waals surface area contributed by atoms with Crippen LogP contribution in [-0.4, -0.2) is 26.2 Å². The summed E-state index contributed by atoms with van der Waals surface area (Å²) in [4.78, 5) is 2.64. The maximum atomic E-state index is 6.52. The fourth-order valence-electron chi connectivity index (χ4n) is 5.03. The molecule has 25 heavy (non-hydrogen) atoms. The van der Waals surface area contributed by atoms with Gasteiger partial charge in [-0.05, 0) is 72.7 Å². The molecular formula is C21H22Cl2N2. The molecule has 0 saturated carbocycles. The van der Waals surface area contributed by atoms with Crippen molar-refractivity contribution < 1.29 is 0 Å². The van der Waals surface area contributed by atoms with E-state index in [1.165, 1.54) is 48.3 Å². The van der Waals surface area contributed by atoms with Gasteiger partial charge in [0.15, 0.2) is 0 Å². The summed E-state index contributed by atoms with van der Waals surface area (Å²) in [5.74, 6) is 1.37. The number of hydrogen-bond donors (Lipinski definition) is 1. The van der Waals surface area contributed by atoms with Crippen LogP contribution in [0.4, 0.5) is 5.69 Å². The normalized spacial score (nSPS) is 24.6. The quantitative estimate of drug-likeness (QED) is 0.747. The van der Waals surface area contributed by atoms with Gasteiger partial charge in [-0.15, -0.1) is 0 Å². The molecule has 3 aliphatic heterocycles. The highest BCUT2D eigenvalue weighted by molar-refractivity contribution is 6.39. The molecule has 5 rings (SSSR count). The van der Waals surface area contributed by atoms with Gasteiger partial charge >= 0.3 is 0 Å². The van der Waals surface area contributed by atoms with Gasteiger partial charge in [0.1, 0.15) is 0 Å². The van der Waals surface area contributed by atoms with E-state index in [9.17, 15) is 0 Å². The Kier molecular flexibility index (Phi) is 3.96. The highest BCUT2D eigenvalue weighted by Crippen LogP contribution is 2.48. The average molecular weight is 373 g/mol. The molecule has 0 bridgehead atoms. The van der Waals surface area contributed by atoms with Gasteiger partial charge in [-0.25, -0.2) is 0 Å². The molecule has 1 N–H and O–H groups in total. The van der Waals surface area contributed by atoms with Gasteiger partial charge in [-0.1, -0.05) is 29.3 Å². The first-order valence-corrected chi connectivity index (χ1v) is 10.0. The maximum Gasteiger partial charge on any atom is 0.0499 e. The van der Waals surface area contributed by atoms with Crippen LogP contribution in [0.25, 0.3) is 11.1 Å². The Hall–Kier alpha value is -1.22. The number of anilines is 1. The highest BCUT2D eigenvalue weighted by Gasteiger charge is 2.37. The molecule has 0 aliphatic carbocycles. The number of piperidine rings is 1. The van der Waals surface area contributed by atoms with Crippen molar-refractivity contribution in [3.8, 4) is 11.1 Å². The van der Waals surface area contributed by atoms with Crippen molar-refractivity contribution in [3.05, 3.63) is 51.5 Å². The summed E-state index contributed by atoms with van der Waals surface area (Å²) in [6.45, 7) is 4.65. The summed E-state index contributed by atoms with van der Waals surface area (Å²) < 4.78 is 0. The standard InChI is InChI=1S/C21H22Cl2N2/c22-18-4-1-5-19(23)20(18)15-9-13-3-2-8-25-12-14-6-7-24-11-17(14)16(10-15)21(13)25/h1,4-5,9-10,14,17,24H,2-3,6-8,11-12H2/t14-,17-/m1/s1. The van der Waals surface area contributed by atoms with Crippen molar-refractivity contribution in [2.45, 2.75) is 25.2 Å². The summed E-state index contributed by atoms with van der Waals surface area (Å²) in [5, 5.41) is 5.08. The Morgan fingerprint density at radius 3 is 2.80 bits per heavy atom. The Morgan fingerprint density at radius 1 is 1.12 bits per heavy atom. The lowest BCUT2D eigenvalue weighted by atomic mass is 9.74. The van der Waals surface area contributed by atoms with Crippen molar-refractivity contribution in [2.24, 2.45) is 5.92 Å². The molecule has 3 aliphatic rings. The van der Waals surface area contributed by atoms with Crippen molar-refractivity contribution in [1.29, 1.82) is 0 Å². The Labute approximate surface area is 159 Å². The second-order valence-corrected chi connectivity index (χ2v) is 8.39. The molecule has 3 heterocycles. The van der Waals surface area contributed by atoms with E-state index in [4.69, 9.17) is 23.2 Å². The van der Waals surface area contributed by atoms with Crippen LogP contribution in [0.1, 0.15) is 29.9 Å². The van der Waals surface area contributed by atoms with Gasteiger partial charge in [0.05, 0.1) is 0 Å². The number of fused-ring (bicyclic) bond motifs is 2. The van der Waals surface area contributed by atoms with E-state index in [0.29, 0.717) is 5.92 Å². The van der Waals surface area contributed by atoms with E-state index in [-0.39, 0.29) is 0 Å². The second-order valence-electron chi connectivity index (χ2n) is 7.58. The molecule has 4 heteroatoms.